The van der Waals surface area contributed by atoms with Crippen LogP contribution in [-0.4, -0.2) is 47.1 Å². The molecule has 248 valence electrons. The number of nitrogens with zero attached hydrogens (tertiary/aromatic N) is 2. The molecule has 2 N–H and O–H groups in total. The molecule has 2 unspecified atom stereocenters. The number of aromatic nitrogens is 1. The standard InChI is InChI=1S/C36H44F3N3O4/c1-20(2)12-31(42-19-23(10-11-41(5)6)15-29(34(38)39)36(42)46)35(45)40-30(18-32(43)44)25-16-24-8-7-9-27(24)28(17-25)33-21(3)13-26(37)14-22(33)4/h13-17,19-20,30-31,34H,7-12,18H2,1-6H3,(H,40,45)(H,43,44). The maximum Gasteiger partial charge on any atom is 0.305 e. The number of alkyl halides is 2. The second kappa shape index (κ2) is 14.7. The van der Waals surface area contributed by atoms with Crippen molar-refractivity contribution >= 4 is 11.9 Å². The van der Waals surface area contributed by atoms with Gasteiger partial charge in [-0.3, -0.25) is 14.4 Å². The van der Waals surface area contributed by atoms with Gasteiger partial charge < -0.3 is 19.9 Å². The van der Waals surface area contributed by atoms with Crippen LogP contribution in [0.5, 0.6) is 0 Å². The van der Waals surface area contributed by atoms with E-state index in [2.05, 4.69) is 5.32 Å². The molecule has 46 heavy (non-hydrogen) atoms. The smallest absolute Gasteiger partial charge is 0.305 e. The number of amides is 1. The summed E-state index contributed by atoms with van der Waals surface area (Å²) in [6, 6.07) is 5.85. The van der Waals surface area contributed by atoms with Gasteiger partial charge in [0.1, 0.15) is 11.9 Å². The van der Waals surface area contributed by atoms with Crippen LogP contribution in [0.4, 0.5) is 13.2 Å². The van der Waals surface area contributed by atoms with E-state index < -0.39 is 47.9 Å². The van der Waals surface area contributed by atoms with Crippen LogP contribution in [0, 0.1) is 25.6 Å². The molecule has 0 aliphatic heterocycles. The molecule has 0 radical (unpaired) electrons. The van der Waals surface area contributed by atoms with Gasteiger partial charge >= 0.3 is 5.97 Å². The van der Waals surface area contributed by atoms with Crippen molar-refractivity contribution in [2.24, 2.45) is 5.92 Å². The molecule has 1 aromatic heterocycles. The average Bonchev–Trinajstić information content (AvgIpc) is 3.43. The predicted molar refractivity (Wildman–Crippen MR) is 173 cm³/mol. The zero-order chi connectivity index (χ0) is 33.9. The van der Waals surface area contributed by atoms with Crippen molar-refractivity contribution in [3.8, 4) is 11.1 Å². The first-order valence-electron chi connectivity index (χ1n) is 15.8. The molecule has 1 amide bonds. The third-order valence-corrected chi connectivity index (χ3v) is 8.65. The highest BCUT2D eigenvalue weighted by Crippen LogP contribution is 2.39. The number of hydrogen-bond acceptors (Lipinski definition) is 4. The minimum absolute atomic E-state index is 0.0861. The Bertz CT molecular complexity index is 1640. The summed E-state index contributed by atoms with van der Waals surface area (Å²) in [6.07, 6.45) is 1.11. The summed E-state index contributed by atoms with van der Waals surface area (Å²) in [5, 5.41) is 12.8. The molecule has 0 saturated carbocycles. The summed E-state index contributed by atoms with van der Waals surface area (Å²) in [7, 11) is 3.70. The van der Waals surface area contributed by atoms with Crippen molar-refractivity contribution in [2.45, 2.75) is 84.7 Å². The zero-order valence-electron chi connectivity index (χ0n) is 27.4. The predicted octanol–water partition coefficient (Wildman–Crippen LogP) is 6.72. The fraction of sp³-hybridized carbons (Fsp3) is 0.472. The number of fused-ring (bicyclic) bond motifs is 1. The molecule has 7 nitrogen and oxygen atoms in total. The molecule has 10 heteroatoms. The van der Waals surface area contributed by atoms with Gasteiger partial charge in [0.15, 0.2) is 0 Å². The van der Waals surface area contributed by atoms with Crippen LogP contribution >= 0.6 is 0 Å². The molecular weight excluding hydrogens is 595 g/mol. The summed E-state index contributed by atoms with van der Waals surface area (Å²) in [5.41, 5.74) is 4.90. The van der Waals surface area contributed by atoms with E-state index >= 15 is 0 Å². The Kier molecular flexibility index (Phi) is 11.1. The molecular formula is C36H44F3N3O4. The van der Waals surface area contributed by atoms with Crippen molar-refractivity contribution in [1.29, 1.82) is 0 Å². The summed E-state index contributed by atoms with van der Waals surface area (Å²) < 4.78 is 43.4. The SMILES string of the molecule is Cc1cc(F)cc(C)c1-c1cc(C(CC(=O)O)NC(=O)C(CC(C)C)n2cc(CCN(C)C)cc(C(F)F)c2=O)cc2c1CCC2. The Morgan fingerprint density at radius 3 is 2.30 bits per heavy atom. The van der Waals surface area contributed by atoms with E-state index in [0.717, 1.165) is 57.2 Å². The number of carboxylic acids is 1. The van der Waals surface area contributed by atoms with Gasteiger partial charge in [-0.05, 0) is 135 Å². The Morgan fingerprint density at radius 2 is 1.72 bits per heavy atom. The highest BCUT2D eigenvalue weighted by Gasteiger charge is 2.30. The molecule has 1 aliphatic rings. The molecule has 3 aromatic rings. The number of benzene rings is 2. The van der Waals surface area contributed by atoms with Crippen LogP contribution in [0.15, 0.2) is 41.3 Å². The van der Waals surface area contributed by atoms with E-state index in [-0.39, 0.29) is 18.2 Å². The summed E-state index contributed by atoms with van der Waals surface area (Å²) in [4.78, 5) is 41.5. The number of nitrogens with one attached hydrogen (secondary N) is 1. The van der Waals surface area contributed by atoms with Gasteiger partial charge in [0.05, 0.1) is 18.0 Å². The molecule has 1 heterocycles. The third kappa shape index (κ3) is 8.07. The van der Waals surface area contributed by atoms with Crippen LogP contribution < -0.4 is 10.9 Å². The second-order valence-corrected chi connectivity index (χ2v) is 13.1. The van der Waals surface area contributed by atoms with E-state index in [9.17, 15) is 32.7 Å². The lowest BCUT2D eigenvalue weighted by atomic mass is 9.87. The Balaban J connectivity index is 1.80. The van der Waals surface area contributed by atoms with E-state index in [1.165, 1.54) is 24.4 Å². The molecule has 1 aliphatic carbocycles. The molecule has 2 aromatic carbocycles. The molecule has 0 saturated heterocycles. The lowest BCUT2D eigenvalue weighted by Crippen LogP contribution is -2.41. The topological polar surface area (TPSA) is 91.6 Å². The van der Waals surface area contributed by atoms with E-state index in [1.807, 2.05) is 58.8 Å². The van der Waals surface area contributed by atoms with Crippen LogP contribution in [0.1, 0.15) is 90.6 Å². The molecule has 4 rings (SSSR count). The van der Waals surface area contributed by atoms with Gasteiger partial charge in [-0.2, -0.15) is 0 Å². The molecule has 2 atom stereocenters. The van der Waals surface area contributed by atoms with E-state index in [0.29, 0.717) is 24.1 Å². The number of carbonyl (C=O) groups is 2. The van der Waals surface area contributed by atoms with Gasteiger partial charge in [-0.25, -0.2) is 13.2 Å². The van der Waals surface area contributed by atoms with Crippen LogP contribution in [0.3, 0.4) is 0 Å². The number of aryl methyl sites for hydroxylation is 3. The highest BCUT2D eigenvalue weighted by molar-refractivity contribution is 5.82. The average molecular weight is 640 g/mol. The van der Waals surface area contributed by atoms with Gasteiger partial charge in [-0.15, -0.1) is 0 Å². The number of aliphatic carboxylic acids is 1. The van der Waals surface area contributed by atoms with Crippen molar-refractivity contribution in [3.05, 3.63) is 91.6 Å². The number of halogens is 3. The van der Waals surface area contributed by atoms with Crippen molar-refractivity contribution in [1.82, 2.24) is 14.8 Å². The quantitative estimate of drug-likeness (QED) is 0.217. The van der Waals surface area contributed by atoms with Crippen LogP contribution in [-0.2, 0) is 28.9 Å². The molecule has 0 spiro atoms. The monoisotopic (exact) mass is 639 g/mol. The summed E-state index contributed by atoms with van der Waals surface area (Å²) in [6.45, 7) is 7.96. The highest BCUT2D eigenvalue weighted by atomic mass is 19.3. The van der Waals surface area contributed by atoms with Crippen molar-refractivity contribution in [3.63, 3.8) is 0 Å². The first kappa shape index (κ1) is 34.9. The first-order chi connectivity index (χ1) is 21.7. The lowest BCUT2D eigenvalue weighted by molar-refractivity contribution is -0.138. The lowest BCUT2D eigenvalue weighted by Gasteiger charge is -2.27. The first-order valence-corrected chi connectivity index (χ1v) is 15.8. The van der Waals surface area contributed by atoms with Gasteiger partial charge in [0, 0.05) is 12.7 Å². The summed E-state index contributed by atoms with van der Waals surface area (Å²) >= 11 is 0. The number of hydrogen-bond donors (Lipinski definition) is 2. The largest absolute Gasteiger partial charge is 0.481 e. The maximum absolute atomic E-state index is 14.2. The Hall–Kier alpha value is -3.92. The zero-order valence-corrected chi connectivity index (χ0v) is 27.4. The van der Waals surface area contributed by atoms with E-state index in [1.54, 1.807) is 0 Å². The number of likely N-dealkylation sites (N-methyl/N-ethyl adjacent to an activating group) is 1. The van der Waals surface area contributed by atoms with Gasteiger partial charge in [0.2, 0.25) is 5.91 Å². The maximum atomic E-state index is 14.2. The second-order valence-electron chi connectivity index (χ2n) is 13.1. The minimum atomic E-state index is -3.02. The normalized spacial score (nSPS) is 14.2. The van der Waals surface area contributed by atoms with E-state index in [4.69, 9.17) is 0 Å². The van der Waals surface area contributed by atoms with Crippen molar-refractivity contribution in [2.75, 3.05) is 20.6 Å². The van der Waals surface area contributed by atoms with Crippen molar-refractivity contribution < 1.29 is 27.9 Å². The molecule has 0 bridgehead atoms. The number of pyridine rings is 1. The number of rotatable bonds is 13. The third-order valence-electron chi connectivity index (χ3n) is 8.65. The van der Waals surface area contributed by atoms with Crippen LogP contribution in [0.25, 0.3) is 11.1 Å². The summed E-state index contributed by atoms with van der Waals surface area (Å²) in [5.74, 6) is -2.18. The number of carboxylic acid groups (broad SMARTS) is 1. The van der Waals surface area contributed by atoms with Gasteiger partial charge in [0.25, 0.3) is 12.0 Å². The number of carbonyl (C=O) groups excluding carboxylic acids is 1. The molecule has 0 fully saturated rings. The Labute approximate surface area is 268 Å². The van der Waals surface area contributed by atoms with Crippen LogP contribution in [0.2, 0.25) is 0 Å². The Morgan fingerprint density at radius 1 is 1.04 bits per heavy atom. The fourth-order valence-corrected chi connectivity index (χ4v) is 6.54. The van der Waals surface area contributed by atoms with Gasteiger partial charge in [-0.1, -0.05) is 19.9 Å². The minimum Gasteiger partial charge on any atom is -0.481 e. The fourth-order valence-electron chi connectivity index (χ4n) is 6.54.